The molecule has 0 aromatic carbocycles. The van der Waals surface area contributed by atoms with Crippen LogP contribution in [0.4, 0.5) is 0 Å². The van der Waals surface area contributed by atoms with Crippen LogP contribution in [0.2, 0.25) is 0 Å². The topological polar surface area (TPSA) is 50.4 Å². The van der Waals surface area contributed by atoms with Crippen molar-refractivity contribution in [3.05, 3.63) is 0 Å². The minimum atomic E-state index is -0.147. The van der Waals surface area contributed by atoms with Crippen molar-refractivity contribution in [3.8, 4) is 0 Å². The van der Waals surface area contributed by atoms with E-state index in [9.17, 15) is 4.79 Å². The number of nitrogens with one attached hydrogen (secondary N) is 2. The smallest absolute Gasteiger partial charge is 0.237 e. The summed E-state index contributed by atoms with van der Waals surface area (Å²) < 4.78 is 4.97. The van der Waals surface area contributed by atoms with Crippen LogP contribution in [0, 0.1) is 0 Å². The van der Waals surface area contributed by atoms with Gasteiger partial charge in [0.25, 0.3) is 0 Å². The van der Waals surface area contributed by atoms with Gasteiger partial charge in [-0.2, -0.15) is 0 Å². The van der Waals surface area contributed by atoms with Crippen molar-refractivity contribution in [1.82, 2.24) is 10.6 Å². The second-order valence-electron chi connectivity index (χ2n) is 3.08. The number of rotatable bonds is 6. The van der Waals surface area contributed by atoms with E-state index < -0.39 is 0 Å². The third kappa shape index (κ3) is 4.85. The molecule has 2 unspecified atom stereocenters. The van der Waals surface area contributed by atoms with E-state index in [4.69, 9.17) is 4.74 Å². The fourth-order valence-electron chi connectivity index (χ4n) is 0.920. The molecule has 0 rings (SSSR count). The molecule has 4 heteroatoms. The highest BCUT2D eigenvalue weighted by Gasteiger charge is 2.14. The molecule has 13 heavy (non-hydrogen) atoms. The maximum absolute atomic E-state index is 11.4. The molecule has 0 aliphatic rings. The molecule has 0 spiro atoms. The molecule has 0 aromatic heterocycles. The Bertz CT molecular complexity index is 151. The van der Waals surface area contributed by atoms with E-state index in [-0.39, 0.29) is 18.0 Å². The quantitative estimate of drug-likeness (QED) is 0.623. The van der Waals surface area contributed by atoms with Gasteiger partial charge in [-0.3, -0.25) is 4.79 Å². The fraction of sp³-hybridized carbons (Fsp3) is 0.889. The van der Waals surface area contributed by atoms with Crippen molar-refractivity contribution in [3.63, 3.8) is 0 Å². The van der Waals surface area contributed by atoms with Crippen LogP contribution in [-0.2, 0) is 9.53 Å². The first kappa shape index (κ1) is 12.4. The molecule has 0 bridgehead atoms. The highest BCUT2D eigenvalue weighted by Crippen LogP contribution is 1.92. The maximum Gasteiger partial charge on any atom is 0.237 e. The van der Waals surface area contributed by atoms with Crippen LogP contribution in [0.1, 0.15) is 20.3 Å². The summed E-state index contributed by atoms with van der Waals surface area (Å²) in [6.07, 6.45) is 0.885. The molecule has 0 saturated heterocycles. The van der Waals surface area contributed by atoms with Gasteiger partial charge in [0, 0.05) is 7.11 Å². The Labute approximate surface area is 80.0 Å². The van der Waals surface area contributed by atoms with E-state index in [0.717, 1.165) is 6.42 Å². The predicted octanol–water partition coefficient (Wildman–Crippen LogP) is 0.136. The van der Waals surface area contributed by atoms with Crippen LogP contribution in [0.3, 0.4) is 0 Å². The lowest BCUT2D eigenvalue weighted by molar-refractivity contribution is -0.123. The monoisotopic (exact) mass is 188 g/mol. The Kier molecular flexibility index (Phi) is 6.54. The minimum absolute atomic E-state index is 0.0198. The van der Waals surface area contributed by atoms with E-state index in [1.165, 1.54) is 0 Å². The Morgan fingerprint density at radius 1 is 1.54 bits per heavy atom. The van der Waals surface area contributed by atoms with E-state index in [1.807, 2.05) is 13.8 Å². The summed E-state index contributed by atoms with van der Waals surface area (Å²) in [4.78, 5) is 11.4. The zero-order valence-electron chi connectivity index (χ0n) is 8.89. The van der Waals surface area contributed by atoms with Gasteiger partial charge >= 0.3 is 0 Å². The third-order valence-corrected chi connectivity index (χ3v) is 2.03. The normalized spacial score (nSPS) is 15.1. The third-order valence-electron chi connectivity index (χ3n) is 2.03. The molecule has 0 fully saturated rings. The molecule has 0 aromatic rings. The van der Waals surface area contributed by atoms with Crippen LogP contribution >= 0.6 is 0 Å². The van der Waals surface area contributed by atoms with Crippen LogP contribution in [0.5, 0.6) is 0 Å². The summed E-state index contributed by atoms with van der Waals surface area (Å²) in [5, 5.41) is 5.78. The first-order valence-electron chi connectivity index (χ1n) is 4.62. The van der Waals surface area contributed by atoms with Crippen molar-refractivity contribution in [2.24, 2.45) is 0 Å². The standard InChI is InChI=1S/C9H20N2O2/c1-5-8(6-13-4)11-9(12)7(2)10-3/h7-8,10H,5-6H2,1-4H3,(H,11,12). The Morgan fingerprint density at radius 3 is 2.54 bits per heavy atom. The molecular formula is C9H20N2O2. The average Bonchev–Trinajstić information content (AvgIpc) is 2.15. The van der Waals surface area contributed by atoms with Gasteiger partial charge in [-0.15, -0.1) is 0 Å². The highest BCUT2D eigenvalue weighted by molar-refractivity contribution is 5.81. The van der Waals surface area contributed by atoms with Crippen molar-refractivity contribution < 1.29 is 9.53 Å². The molecule has 78 valence electrons. The molecule has 0 heterocycles. The largest absolute Gasteiger partial charge is 0.383 e. The Hall–Kier alpha value is -0.610. The summed E-state index contributed by atoms with van der Waals surface area (Å²) in [5.74, 6) is 0.0198. The van der Waals surface area contributed by atoms with E-state index in [1.54, 1.807) is 14.2 Å². The molecule has 0 aliphatic heterocycles. The molecular weight excluding hydrogens is 168 g/mol. The van der Waals surface area contributed by atoms with Gasteiger partial charge in [-0.1, -0.05) is 6.92 Å². The molecule has 2 atom stereocenters. The predicted molar refractivity (Wildman–Crippen MR) is 52.6 cm³/mol. The minimum Gasteiger partial charge on any atom is -0.383 e. The molecule has 0 saturated carbocycles. The Morgan fingerprint density at radius 2 is 2.15 bits per heavy atom. The van der Waals surface area contributed by atoms with Gasteiger partial charge < -0.3 is 15.4 Å². The van der Waals surface area contributed by atoms with Gasteiger partial charge in [0.1, 0.15) is 0 Å². The first-order chi connectivity index (χ1) is 6.15. The summed E-state index contributed by atoms with van der Waals surface area (Å²) in [7, 11) is 3.40. The van der Waals surface area contributed by atoms with Crippen LogP contribution in [-0.4, -0.2) is 38.8 Å². The van der Waals surface area contributed by atoms with Gasteiger partial charge in [-0.25, -0.2) is 0 Å². The van der Waals surface area contributed by atoms with E-state index >= 15 is 0 Å². The number of hydrogen-bond donors (Lipinski definition) is 2. The zero-order valence-corrected chi connectivity index (χ0v) is 8.89. The van der Waals surface area contributed by atoms with Gasteiger partial charge in [0.05, 0.1) is 18.7 Å². The Balaban J connectivity index is 3.85. The van der Waals surface area contributed by atoms with Crippen LogP contribution < -0.4 is 10.6 Å². The number of carbonyl (C=O) groups is 1. The van der Waals surface area contributed by atoms with Crippen molar-refractivity contribution in [1.29, 1.82) is 0 Å². The lowest BCUT2D eigenvalue weighted by Gasteiger charge is -2.18. The SMILES string of the molecule is CCC(COC)NC(=O)C(C)NC. The van der Waals surface area contributed by atoms with Crippen molar-refractivity contribution in [2.75, 3.05) is 20.8 Å². The van der Waals surface area contributed by atoms with Crippen molar-refractivity contribution >= 4 is 5.91 Å². The zero-order chi connectivity index (χ0) is 10.3. The molecule has 1 amide bonds. The number of hydrogen-bond acceptors (Lipinski definition) is 3. The molecule has 2 N–H and O–H groups in total. The lowest BCUT2D eigenvalue weighted by atomic mass is 10.2. The second kappa shape index (κ2) is 6.86. The summed E-state index contributed by atoms with van der Waals surface area (Å²) in [6, 6.07) is -0.0285. The lowest BCUT2D eigenvalue weighted by Crippen LogP contribution is -2.46. The van der Waals surface area contributed by atoms with E-state index in [2.05, 4.69) is 10.6 Å². The van der Waals surface area contributed by atoms with Gasteiger partial charge in [-0.05, 0) is 20.4 Å². The summed E-state index contributed by atoms with van der Waals surface area (Å²) >= 11 is 0. The number of methoxy groups -OCH3 is 1. The van der Waals surface area contributed by atoms with Gasteiger partial charge in [0.15, 0.2) is 0 Å². The average molecular weight is 188 g/mol. The molecule has 0 aliphatic carbocycles. The maximum atomic E-state index is 11.4. The van der Waals surface area contributed by atoms with E-state index in [0.29, 0.717) is 6.61 Å². The number of amides is 1. The highest BCUT2D eigenvalue weighted by atomic mass is 16.5. The summed E-state index contributed by atoms with van der Waals surface area (Å²) in [6.45, 7) is 4.42. The fourth-order valence-corrected chi connectivity index (χ4v) is 0.920. The second-order valence-corrected chi connectivity index (χ2v) is 3.08. The van der Waals surface area contributed by atoms with Crippen LogP contribution in [0.15, 0.2) is 0 Å². The first-order valence-corrected chi connectivity index (χ1v) is 4.62. The van der Waals surface area contributed by atoms with Gasteiger partial charge in [0.2, 0.25) is 5.91 Å². The number of carbonyl (C=O) groups excluding carboxylic acids is 1. The number of ether oxygens (including phenoxy) is 1. The van der Waals surface area contributed by atoms with Crippen molar-refractivity contribution in [2.45, 2.75) is 32.4 Å². The molecule has 0 radical (unpaired) electrons. The van der Waals surface area contributed by atoms with Crippen LogP contribution in [0.25, 0.3) is 0 Å². The number of likely N-dealkylation sites (N-methyl/N-ethyl adjacent to an activating group) is 1. The summed E-state index contributed by atoms with van der Waals surface area (Å²) in [5.41, 5.74) is 0. The molecule has 4 nitrogen and oxygen atoms in total.